The Kier molecular flexibility index (Phi) is 2.01. The highest BCUT2D eigenvalue weighted by Crippen LogP contribution is 2.42. The monoisotopic (exact) mass is 192 g/mol. The van der Waals surface area contributed by atoms with Crippen molar-refractivity contribution in [2.75, 3.05) is 13.2 Å². The van der Waals surface area contributed by atoms with Gasteiger partial charge in [-0.1, -0.05) is 30.3 Å². The van der Waals surface area contributed by atoms with Crippen LogP contribution in [0.25, 0.3) is 0 Å². The summed E-state index contributed by atoms with van der Waals surface area (Å²) >= 11 is 0. The number of rotatable bonds is 2. The molecule has 2 fully saturated rings. The molecule has 0 unspecified atom stereocenters. The Morgan fingerprint density at radius 3 is 2.43 bits per heavy atom. The van der Waals surface area contributed by atoms with Crippen molar-refractivity contribution in [1.29, 1.82) is 0 Å². The molecule has 0 bridgehead atoms. The molecule has 74 valence electrons. The van der Waals surface area contributed by atoms with E-state index in [2.05, 4.69) is 12.1 Å². The number of epoxide rings is 1. The molecule has 2 atom stereocenters. The molecule has 0 spiro atoms. The summed E-state index contributed by atoms with van der Waals surface area (Å²) in [5.41, 5.74) is 1.21. The van der Waals surface area contributed by atoms with Gasteiger partial charge in [-0.2, -0.15) is 0 Å². The largest absolute Gasteiger partial charge is 0.359 e. The molecule has 2 heterocycles. The Labute approximate surface area is 82.6 Å². The molecule has 2 saturated heterocycles. The first kappa shape index (κ1) is 8.41. The van der Waals surface area contributed by atoms with Crippen LogP contribution in [0.15, 0.2) is 30.3 Å². The van der Waals surface area contributed by atoms with Gasteiger partial charge < -0.3 is 14.2 Å². The van der Waals surface area contributed by atoms with Crippen LogP contribution in [0, 0.1) is 0 Å². The molecule has 0 radical (unpaired) electrons. The van der Waals surface area contributed by atoms with Crippen LogP contribution in [0.5, 0.6) is 0 Å². The van der Waals surface area contributed by atoms with Gasteiger partial charge in [0.2, 0.25) is 0 Å². The van der Waals surface area contributed by atoms with Gasteiger partial charge in [-0.25, -0.2) is 0 Å². The number of hydrogen-bond donors (Lipinski definition) is 0. The third kappa shape index (κ3) is 1.43. The lowest BCUT2D eigenvalue weighted by atomic mass is 10.1. The molecule has 3 rings (SSSR count). The van der Waals surface area contributed by atoms with E-state index in [4.69, 9.17) is 14.2 Å². The summed E-state index contributed by atoms with van der Waals surface area (Å²) in [6.45, 7) is 1.37. The van der Waals surface area contributed by atoms with E-state index < -0.39 is 0 Å². The predicted octanol–water partition coefficient (Wildman–Crippen LogP) is 1.50. The molecule has 1 aromatic carbocycles. The summed E-state index contributed by atoms with van der Waals surface area (Å²) in [4.78, 5) is 0. The number of benzene rings is 1. The van der Waals surface area contributed by atoms with Crippen LogP contribution in [-0.4, -0.2) is 25.6 Å². The van der Waals surface area contributed by atoms with Crippen LogP contribution >= 0.6 is 0 Å². The molecule has 2 aliphatic rings. The van der Waals surface area contributed by atoms with Gasteiger partial charge in [0.05, 0.1) is 13.2 Å². The van der Waals surface area contributed by atoms with E-state index in [0.717, 1.165) is 0 Å². The fourth-order valence-electron chi connectivity index (χ4n) is 1.81. The molecule has 14 heavy (non-hydrogen) atoms. The summed E-state index contributed by atoms with van der Waals surface area (Å²) in [6, 6.07) is 10.2. The van der Waals surface area contributed by atoms with Gasteiger partial charge in [-0.05, 0) is 5.56 Å². The van der Waals surface area contributed by atoms with Crippen LogP contribution < -0.4 is 0 Å². The van der Waals surface area contributed by atoms with Gasteiger partial charge in [0.25, 0.3) is 0 Å². The van der Waals surface area contributed by atoms with Crippen LogP contribution in [0.1, 0.15) is 11.7 Å². The van der Waals surface area contributed by atoms with Crippen LogP contribution in [-0.2, 0) is 14.2 Å². The lowest BCUT2D eigenvalue weighted by molar-refractivity contribution is -0.0590. The number of ether oxygens (including phenoxy) is 3. The van der Waals surface area contributed by atoms with Gasteiger partial charge >= 0.3 is 0 Å². The van der Waals surface area contributed by atoms with Gasteiger partial charge in [-0.3, -0.25) is 0 Å². The maximum atomic E-state index is 5.54. The Morgan fingerprint density at radius 1 is 1.00 bits per heavy atom. The minimum atomic E-state index is -0.153. The fraction of sp³-hybridized carbons (Fsp3) is 0.455. The van der Waals surface area contributed by atoms with E-state index >= 15 is 0 Å². The Bertz CT molecular complexity index is 306. The zero-order chi connectivity index (χ0) is 9.38. The van der Waals surface area contributed by atoms with Crippen molar-refractivity contribution in [3.05, 3.63) is 35.9 Å². The highest BCUT2D eigenvalue weighted by atomic mass is 16.8. The molecule has 1 aromatic rings. The summed E-state index contributed by atoms with van der Waals surface area (Å²) in [5.74, 6) is 0. The van der Waals surface area contributed by atoms with Crippen LogP contribution in [0.2, 0.25) is 0 Å². The molecule has 2 aliphatic heterocycles. The lowest BCUT2D eigenvalue weighted by Crippen LogP contribution is -2.15. The van der Waals surface area contributed by atoms with Gasteiger partial charge in [0.15, 0.2) is 6.29 Å². The molecule has 0 amide bonds. The average Bonchev–Trinajstić information content (AvgIpc) is 2.87. The first-order chi connectivity index (χ1) is 6.95. The van der Waals surface area contributed by atoms with E-state index in [-0.39, 0.29) is 18.5 Å². The normalized spacial score (nSPS) is 32.0. The molecule has 0 saturated carbocycles. The van der Waals surface area contributed by atoms with Crippen molar-refractivity contribution in [3.8, 4) is 0 Å². The van der Waals surface area contributed by atoms with E-state index in [1.807, 2.05) is 18.2 Å². The third-order valence-corrected chi connectivity index (χ3v) is 2.57. The van der Waals surface area contributed by atoms with Crippen molar-refractivity contribution in [1.82, 2.24) is 0 Å². The molecule has 3 nitrogen and oxygen atoms in total. The molecule has 3 heteroatoms. The summed E-state index contributed by atoms with van der Waals surface area (Å²) in [5, 5.41) is 0. The average molecular weight is 192 g/mol. The quantitative estimate of drug-likeness (QED) is 0.665. The first-order valence-corrected chi connectivity index (χ1v) is 4.89. The van der Waals surface area contributed by atoms with E-state index in [9.17, 15) is 0 Å². The second-order valence-electron chi connectivity index (χ2n) is 3.54. The highest BCUT2D eigenvalue weighted by molar-refractivity contribution is 5.22. The second-order valence-corrected chi connectivity index (χ2v) is 3.54. The highest BCUT2D eigenvalue weighted by Gasteiger charge is 2.48. The van der Waals surface area contributed by atoms with Crippen LogP contribution in [0.4, 0.5) is 0 Å². The topological polar surface area (TPSA) is 31.0 Å². The third-order valence-electron chi connectivity index (χ3n) is 2.57. The standard InChI is InChI=1S/C11H12O3/c1-2-4-8(5-3-1)9-10(14-9)11-12-6-7-13-11/h1-5,9-11H,6-7H2/t9-,10-/m0/s1. The van der Waals surface area contributed by atoms with E-state index in [1.54, 1.807) is 0 Å². The smallest absolute Gasteiger partial charge is 0.186 e. The summed E-state index contributed by atoms with van der Waals surface area (Å²) < 4.78 is 16.3. The zero-order valence-corrected chi connectivity index (χ0v) is 7.76. The lowest BCUT2D eigenvalue weighted by Gasteiger charge is -2.03. The van der Waals surface area contributed by atoms with E-state index in [0.29, 0.717) is 13.2 Å². The van der Waals surface area contributed by atoms with Crippen molar-refractivity contribution < 1.29 is 14.2 Å². The summed E-state index contributed by atoms with van der Waals surface area (Å²) in [7, 11) is 0. The maximum Gasteiger partial charge on any atom is 0.186 e. The van der Waals surface area contributed by atoms with Crippen molar-refractivity contribution in [2.24, 2.45) is 0 Å². The molecule has 0 N–H and O–H groups in total. The minimum absolute atomic E-state index is 0.0971. The SMILES string of the molecule is c1ccc([C@@H]2O[C@@H]2C2OCCO2)cc1. The van der Waals surface area contributed by atoms with Gasteiger partial charge in [-0.15, -0.1) is 0 Å². The zero-order valence-electron chi connectivity index (χ0n) is 7.76. The fourth-order valence-corrected chi connectivity index (χ4v) is 1.81. The second kappa shape index (κ2) is 3.35. The maximum absolute atomic E-state index is 5.54. The molecule has 0 aromatic heterocycles. The van der Waals surface area contributed by atoms with Crippen molar-refractivity contribution >= 4 is 0 Å². The Hall–Kier alpha value is -0.900. The Morgan fingerprint density at radius 2 is 1.71 bits per heavy atom. The van der Waals surface area contributed by atoms with Crippen molar-refractivity contribution in [2.45, 2.75) is 18.5 Å². The van der Waals surface area contributed by atoms with Gasteiger partial charge in [0, 0.05) is 0 Å². The Balaban J connectivity index is 1.68. The minimum Gasteiger partial charge on any atom is -0.359 e. The van der Waals surface area contributed by atoms with Crippen LogP contribution in [0.3, 0.4) is 0 Å². The molecular formula is C11H12O3. The number of hydrogen-bond acceptors (Lipinski definition) is 3. The molecular weight excluding hydrogens is 180 g/mol. The summed E-state index contributed by atoms with van der Waals surface area (Å²) in [6.07, 6.45) is 0.111. The van der Waals surface area contributed by atoms with E-state index in [1.165, 1.54) is 5.56 Å². The van der Waals surface area contributed by atoms with Crippen molar-refractivity contribution in [3.63, 3.8) is 0 Å². The first-order valence-electron chi connectivity index (χ1n) is 4.89. The molecule has 0 aliphatic carbocycles. The predicted molar refractivity (Wildman–Crippen MR) is 49.7 cm³/mol. The van der Waals surface area contributed by atoms with Gasteiger partial charge in [0.1, 0.15) is 12.2 Å².